The van der Waals surface area contributed by atoms with Crippen LogP contribution in [-0.2, 0) is 16.0 Å². The number of ketones is 1. The largest absolute Gasteiger partial charge is 0.493 e. The molecule has 1 N–H and O–H groups in total. The summed E-state index contributed by atoms with van der Waals surface area (Å²) in [6.07, 6.45) is 0.890. The van der Waals surface area contributed by atoms with E-state index in [9.17, 15) is 14.9 Å². The first-order valence-corrected chi connectivity index (χ1v) is 8.96. The third-order valence-electron chi connectivity index (χ3n) is 4.16. The second kappa shape index (κ2) is 9.54. The van der Waals surface area contributed by atoms with Crippen LogP contribution in [0.25, 0.3) is 0 Å². The van der Waals surface area contributed by atoms with Crippen molar-refractivity contribution in [2.24, 2.45) is 5.92 Å². The highest BCUT2D eigenvalue weighted by Crippen LogP contribution is 2.17. The highest BCUT2D eigenvalue weighted by Gasteiger charge is 2.26. The van der Waals surface area contributed by atoms with Crippen molar-refractivity contribution in [3.05, 3.63) is 59.2 Å². The van der Waals surface area contributed by atoms with Crippen LogP contribution in [0, 0.1) is 31.1 Å². The molecule has 5 heteroatoms. The molecular formula is C22H24N2O3. The van der Waals surface area contributed by atoms with Gasteiger partial charge < -0.3 is 10.1 Å². The van der Waals surface area contributed by atoms with Gasteiger partial charge in [-0.2, -0.15) is 5.26 Å². The molecule has 2 aromatic rings. The minimum atomic E-state index is -1.35. The van der Waals surface area contributed by atoms with Crippen LogP contribution in [0.15, 0.2) is 42.5 Å². The summed E-state index contributed by atoms with van der Waals surface area (Å²) in [5, 5.41) is 11.9. The molecule has 0 saturated heterocycles. The predicted molar refractivity (Wildman–Crippen MR) is 105 cm³/mol. The molecule has 0 spiro atoms. The van der Waals surface area contributed by atoms with E-state index in [0.29, 0.717) is 11.4 Å². The van der Waals surface area contributed by atoms with Crippen LogP contribution >= 0.6 is 0 Å². The van der Waals surface area contributed by atoms with Gasteiger partial charge in [0.25, 0.3) is 0 Å². The second-order valence-electron chi connectivity index (χ2n) is 6.49. The van der Waals surface area contributed by atoms with E-state index in [1.165, 1.54) is 0 Å². The lowest BCUT2D eigenvalue weighted by atomic mass is 10.0. The lowest BCUT2D eigenvalue weighted by molar-refractivity contribution is -0.129. The quantitative estimate of drug-likeness (QED) is 0.719. The number of nitrogens with zero attached hydrogens (tertiary/aromatic N) is 1. The van der Waals surface area contributed by atoms with Crippen LogP contribution in [0.5, 0.6) is 5.75 Å². The number of aryl methyl sites for hydroxylation is 3. The number of rotatable bonds is 8. The smallest absolute Gasteiger partial charge is 0.249 e. The van der Waals surface area contributed by atoms with Gasteiger partial charge in [-0.1, -0.05) is 25.1 Å². The van der Waals surface area contributed by atoms with Gasteiger partial charge >= 0.3 is 0 Å². The molecule has 0 fully saturated rings. The Morgan fingerprint density at radius 2 is 1.74 bits per heavy atom. The van der Waals surface area contributed by atoms with Gasteiger partial charge in [0.2, 0.25) is 5.91 Å². The number of benzene rings is 2. The lowest BCUT2D eigenvalue weighted by Crippen LogP contribution is -2.29. The number of anilines is 1. The standard InChI is InChI=1S/C22H24N2O3/c1-4-17-5-7-18(8-6-17)24-22(26)20(14-23)21(25)9-10-27-19-12-15(2)11-16(3)13-19/h5-8,11-13,20H,4,9-10H2,1-3H3,(H,24,26). The molecule has 0 aliphatic carbocycles. The van der Waals surface area contributed by atoms with Crippen molar-refractivity contribution in [3.63, 3.8) is 0 Å². The predicted octanol–water partition coefficient (Wildman–Crippen LogP) is 3.98. The van der Waals surface area contributed by atoms with Gasteiger partial charge in [-0.25, -0.2) is 0 Å². The number of Topliss-reactive ketones (excluding diaryl/α,β-unsaturated/α-hetero) is 1. The fraction of sp³-hybridized carbons (Fsp3) is 0.318. The third-order valence-corrected chi connectivity index (χ3v) is 4.16. The van der Waals surface area contributed by atoms with Crippen molar-refractivity contribution < 1.29 is 14.3 Å². The highest BCUT2D eigenvalue weighted by molar-refractivity contribution is 6.09. The summed E-state index contributed by atoms with van der Waals surface area (Å²) in [4.78, 5) is 24.5. The van der Waals surface area contributed by atoms with Crippen LogP contribution in [-0.4, -0.2) is 18.3 Å². The van der Waals surface area contributed by atoms with E-state index >= 15 is 0 Å². The van der Waals surface area contributed by atoms with Gasteiger partial charge in [-0.15, -0.1) is 0 Å². The number of amides is 1. The highest BCUT2D eigenvalue weighted by atomic mass is 16.5. The number of nitriles is 1. The number of ether oxygens (including phenoxy) is 1. The van der Waals surface area contributed by atoms with Gasteiger partial charge in [0.15, 0.2) is 11.7 Å². The molecular weight excluding hydrogens is 340 g/mol. The maximum atomic E-state index is 12.3. The van der Waals surface area contributed by atoms with Crippen molar-refractivity contribution in [1.29, 1.82) is 5.26 Å². The van der Waals surface area contributed by atoms with Crippen LogP contribution < -0.4 is 10.1 Å². The third kappa shape index (κ3) is 5.96. The molecule has 0 aromatic heterocycles. The van der Waals surface area contributed by atoms with E-state index in [1.54, 1.807) is 18.2 Å². The molecule has 2 aromatic carbocycles. The lowest BCUT2D eigenvalue weighted by Gasteiger charge is -2.11. The molecule has 1 amide bonds. The van der Waals surface area contributed by atoms with E-state index in [4.69, 9.17) is 4.74 Å². The second-order valence-corrected chi connectivity index (χ2v) is 6.49. The van der Waals surface area contributed by atoms with E-state index in [-0.39, 0.29) is 13.0 Å². The first-order valence-electron chi connectivity index (χ1n) is 8.96. The molecule has 0 radical (unpaired) electrons. The molecule has 1 unspecified atom stereocenters. The first kappa shape index (κ1) is 20.2. The zero-order chi connectivity index (χ0) is 19.8. The van der Waals surface area contributed by atoms with Crippen molar-refractivity contribution in [1.82, 2.24) is 0 Å². The molecule has 27 heavy (non-hydrogen) atoms. The van der Waals surface area contributed by atoms with E-state index < -0.39 is 17.6 Å². The van der Waals surface area contributed by atoms with Crippen molar-refractivity contribution in [3.8, 4) is 11.8 Å². The summed E-state index contributed by atoms with van der Waals surface area (Å²) in [6.45, 7) is 6.10. The monoisotopic (exact) mass is 364 g/mol. The molecule has 0 bridgehead atoms. The zero-order valence-corrected chi connectivity index (χ0v) is 15.9. The minimum absolute atomic E-state index is 0.00654. The topological polar surface area (TPSA) is 79.2 Å². The molecule has 2 rings (SSSR count). The van der Waals surface area contributed by atoms with Crippen molar-refractivity contribution >= 4 is 17.4 Å². The summed E-state index contributed by atoms with van der Waals surface area (Å²) < 4.78 is 5.59. The number of hydrogen-bond donors (Lipinski definition) is 1. The summed E-state index contributed by atoms with van der Waals surface area (Å²) in [7, 11) is 0. The summed E-state index contributed by atoms with van der Waals surface area (Å²) in [5.41, 5.74) is 3.85. The van der Waals surface area contributed by atoms with Crippen LogP contribution in [0.4, 0.5) is 5.69 Å². The fourth-order valence-corrected chi connectivity index (χ4v) is 2.75. The normalized spacial score (nSPS) is 11.3. The number of nitrogens with one attached hydrogen (secondary N) is 1. The van der Waals surface area contributed by atoms with Crippen LogP contribution in [0.1, 0.15) is 30.0 Å². The van der Waals surface area contributed by atoms with Crippen LogP contribution in [0.3, 0.4) is 0 Å². The number of carbonyl (C=O) groups excluding carboxylic acids is 2. The Bertz CT molecular complexity index is 831. The Morgan fingerprint density at radius 3 is 2.30 bits per heavy atom. The number of carbonyl (C=O) groups is 2. The molecule has 5 nitrogen and oxygen atoms in total. The Hall–Kier alpha value is -3.13. The maximum absolute atomic E-state index is 12.3. The first-order chi connectivity index (χ1) is 12.9. The molecule has 0 heterocycles. The van der Waals surface area contributed by atoms with Crippen LogP contribution in [0.2, 0.25) is 0 Å². The van der Waals surface area contributed by atoms with Gasteiger partial charge in [0.05, 0.1) is 12.7 Å². The van der Waals surface area contributed by atoms with Crippen molar-refractivity contribution in [2.45, 2.75) is 33.6 Å². The Balaban J connectivity index is 1.90. The molecule has 1 atom stereocenters. The zero-order valence-electron chi connectivity index (χ0n) is 15.9. The van der Waals surface area contributed by atoms with Gasteiger partial charge in [0.1, 0.15) is 5.75 Å². The minimum Gasteiger partial charge on any atom is -0.493 e. The number of hydrogen-bond acceptors (Lipinski definition) is 4. The van der Waals surface area contributed by atoms with Crippen molar-refractivity contribution in [2.75, 3.05) is 11.9 Å². The summed E-state index contributed by atoms with van der Waals surface area (Å²) in [5.74, 6) is -1.74. The summed E-state index contributed by atoms with van der Waals surface area (Å²) >= 11 is 0. The van der Waals surface area contributed by atoms with Gasteiger partial charge in [0, 0.05) is 12.1 Å². The van der Waals surface area contributed by atoms with Gasteiger partial charge in [-0.05, 0) is 61.2 Å². The molecule has 140 valence electrons. The summed E-state index contributed by atoms with van der Waals surface area (Å²) in [6, 6.07) is 14.9. The fourth-order valence-electron chi connectivity index (χ4n) is 2.75. The average Bonchev–Trinajstić information content (AvgIpc) is 2.62. The SMILES string of the molecule is CCc1ccc(NC(=O)C(C#N)C(=O)CCOc2cc(C)cc(C)c2)cc1. The Kier molecular flexibility index (Phi) is 7.13. The molecule has 0 aliphatic heterocycles. The Labute approximate surface area is 160 Å². The van der Waals surface area contributed by atoms with E-state index in [0.717, 1.165) is 23.1 Å². The molecule has 0 saturated carbocycles. The van der Waals surface area contributed by atoms with E-state index in [1.807, 2.05) is 51.1 Å². The average molecular weight is 364 g/mol. The Morgan fingerprint density at radius 1 is 1.11 bits per heavy atom. The van der Waals surface area contributed by atoms with E-state index in [2.05, 4.69) is 5.32 Å². The van der Waals surface area contributed by atoms with Gasteiger partial charge in [-0.3, -0.25) is 9.59 Å². The molecule has 0 aliphatic rings. The maximum Gasteiger partial charge on any atom is 0.249 e.